The molecule has 1 saturated heterocycles. The average Bonchev–Trinajstić information content (AvgIpc) is 2.95. The molecular formula is C15H22ClN3O2. The molecule has 0 bridgehead atoms. The van der Waals surface area contributed by atoms with E-state index in [-0.39, 0.29) is 5.91 Å². The van der Waals surface area contributed by atoms with Gasteiger partial charge in [0.1, 0.15) is 5.75 Å². The number of benzene rings is 1. The van der Waals surface area contributed by atoms with Gasteiger partial charge in [-0.05, 0) is 31.5 Å². The van der Waals surface area contributed by atoms with Crippen LogP contribution in [-0.2, 0) is 0 Å². The number of methoxy groups -OCH3 is 1. The van der Waals surface area contributed by atoms with Gasteiger partial charge >= 0.3 is 0 Å². The summed E-state index contributed by atoms with van der Waals surface area (Å²) in [4.78, 5) is 14.7. The number of hydrogen-bond acceptors (Lipinski definition) is 4. The standard InChI is InChI=1S/C15H22ClN3O2/c1-3-19-5-4-10(9-19)8-18-15(20)11-6-12(16)13(17)7-14(11)21-2/h6-7,10H,3-5,8-9,17H2,1-2H3,(H,18,20). The molecule has 1 aliphatic heterocycles. The normalized spacial score (nSPS) is 18.7. The molecule has 0 radical (unpaired) electrons. The lowest BCUT2D eigenvalue weighted by atomic mass is 10.1. The van der Waals surface area contributed by atoms with E-state index < -0.39 is 0 Å². The molecular weight excluding hydrogens is 290 g/mol. The number of ether oxygens (including phenoxy) is 1. The van der Waals surface area contributed by atoms with Crippen LogP contribution < -0.4 is 15.8 Å². The van der Waals surface area contributed by atoms with Crippen molar-refractivity contribution in [2.45, 2.75) is 13.3 Å². The van der Waals surface area contributed by atoms with Gasteiger partial charge in [-0.3, -0.25) is 4.79 Å². The zero-order chi connectivity index (χ0) is 15.4. The fraction of sp³-hybridized carbons (Fsp3) is 0.533. The topological polar surface area (TPSA) is 67.6 Å². The van der Waals surface area contributed by atoms with Crippen LogP contribution in [0.25, 0.3) is 0 Å². The van der Waals surface area contributed by atoms with Crippen molar-refractivity contribution in [3.05, 3.63) is 22.7 Å². The fourth-order valence-electron chi connectivity index (χ4n) is 2.61. The maximum absolute atomic E-state index is 12.3. The highest BCUT2D eigenvalue weighted by molar-refractivity contribution is 6.33. The molecule has 3 N–H and O–H groups in total. The van der Waals surface area contributed by atoms with Crippen LogP contribution in [0.15, 0.2) is 12.1 Å². The highest BCUT2D eigenvalue weighted by atomic mass is 35.5. The van der Waals surface area contributed by atoms with E-state index in [1.54, 1.807) is 12.1 Å². The van der Waals surface area contributed by atoms with Crippen molar-refractivity contribution in [1.82, 2.24) is 10.2 Å². The number of rotatable bonds is 5. The summed E-state index contributed by atoms with van der Waals surface area (Å²) in [7, 11) is 1.51. The van der Waals surface area contributed by atoms with E-state index in [4.69, 9.17) is 22.1 Å². The van der Waals surface area contributed by atoms with Crippen molar-refractivity contribution in [3.63, 3.8) is 0 Å². The Kier molecular flexibility index (Phi) is 5.31. The molecule has 1 unspecified atom stereocenters. The van der Waals surface area contributed by atoms with Gasteiger partial charge < -0.3 is 20.7 Å². The van der Waals surface area contributed by atoms with E-state index in [9.17, 15) is 4.79 Å². The molecule has 0 aromatic heterocycles. The number of nitrogens with zero attached hydrogens (tertiary/aromatic N) is 1. The number of nitrogens with one attached hydrogen (secondary N) is 1. The first-order chi connectivity index (χ1) is 10.0. The van der Waals surface area contributed by atoms with Gasteiger partial charge in [-0.1, -0.05) is 18.5 Å². The van der Waals surface area contributed by atoms with Crippen molar-refractivity contribution in [2.75, 3.05) is 39.0 Å². The Labute approximate surface area is 130 Å². The number of halogens is 1. The van der Waals surface area contributed by atoms with Gasteiger partial charge in [0.15, 0.2) is 0 Å². The van der Waals surface area contributed by atoms with Gasteiger partial charge in [0.25, 0.3) is 5.91 Å². The van der Waals surface area contributed by atoms with Crippen molar-refractivity contribution in [2.24, 2.45) is 5.92 Å². The van der Waals surface area contributed by atoms with Crippen molar-refractivity contribution in [1.29, 1.82) is 0 Å². The second-order valence-corrected chi connectivity index (χ2v) is 5.74. The minimum atomic E-state index is -0.177. The van der Waals surface area contributed by atoms with Crippen LogP contribution in [0.2, 0.25) is 5.02 Å². The summed E-state index contributed by atoms with van der Waals surface area (Å²) in [5, 5.41) is 3.32. The summed E-state index contributed by atoms with van der Waals surface area (Å²) in [6, 6.07) is 3.13. The molecule has 21 heavy (non-hydrogen) atoms. The minimum Gasteiger partial charge on any atom is -0.496 e. The van der Waals surface area contributed by atoms with Crippen molar-refractivity contribution in [3.8, 4) is 5.75 Å². The van der Waals surface area contributed by atoms with Crippen LogP contribution in [0.1, 0.15) is 23.7 Å². The minimum absolute atomic E-state index is 0.177. The molecule has 2 rings (SSSR count). The summed E-state index contributed by atoms with van der Waals surface area (Å²) in [5.41, 5.74) is 6.54. The Morgan fingerprint density at radius 2 is 2.33 bits per heavy atom. The van der Waals surface area contributed by atoms with Crippen LogP contribution in [-0.4, -0.2) is 44.1 Å². The molecule has 0 spiro atoms. The Balaban J connectivity index is 1.99. The molecule has 0 aliphatic carbocycles. The summed E-state index contributed by atoms with van der Waals surface area (Å²) in [5.74, 6) is 0.767. The van der Waals surface area contributed by atoms with Gasteiger partial charge in [-0.15, -0.1) is 0 Å². The maximum Gasteiger partial charge on any atom is 0.255 e. The number of carbonyl (C=O) groups excluding carboxylic acids is 1. The van der Waals surface area contributed by atoms with Gasteiger partial charge in [0, 0.05) is 19.2 Å². The van der Waals surface area contributed by atoms with Gasteiger partial charge in [-0.2, -0.15) is 0 Å². The van der Waals surface area contributed by atoms with Gasteiger partial charge in [-0.25, -0.2) is 0 Å². The van der Waals surface area contributed by atoms with Crippen LogP contribution in [0.5, 0.6) is 5.75 Å². The maximum atomic E-state index is 12.3. The number of carbonyl (C=O) groups is 1. The van der Waals surface area contributed by atoms with E-state index in [0.29, 0.717) is 34.5 Å². The molecule has 116 valence electrons. The summed E-state index contributed by atoms with van der Waals surface area (Å²) in [6.07, 6.45) is 1.12. The lowest BCUT2D eigenvalue weighted by Crippen LogP contribution is -2.31. The zero-order valence-electron chi connectivity index (χ0n) is 12.5. The van der Waals surface area contributed by atoms with E-state index >= 15 is 0 Å². The SMILES string of the molecule is CCN1CCC(CNC(=O)c2cc(Cl)c(N)cc2OC)C1. The second-order valence-electron chi connectivity index (χ2n) is 5.33. The number of amides is 1. The number of likely N-dealkylation sites (tertiary alicyclic amines) is 1. The van der Waals surface area contributed by atoms with Crippen LogP contribution in [0, 0.1) is 5.92 Å². The molecule has 1 heterocycles. The van der Waals surface area contributed by atoms with Crippen molar-refractivity contribution < 1.29 is 9.53 Å². The Bertz CT molecular complexity index is 522. The Morgan fingerprint density at radius 3 is 2.95 bits per heavy atom. The summed E-state index contributed by atoms with van der Waals surface area (Å²) < 4.78 is 5.20. The third-order valence-electron chi connectivity index (χ3n) is 3.93. The molecule has 1 aromatic rings. The fourth-order valence-corrected chi connectivity index (χ4v) is 2.78. The molecule has 1 aliphatic rings. The first-order valence-corrected chi connectivity index (χ1v) is 7.56. The van der Waals surface area contributed by atoms with E-state index in [2.05, 4.69) is 17.1 Å². The van der Waals surface area contributed by atoms with E-state index in [1.165, 1.54) is 7.11 Å². The largest absolute Gasteiger partial charge is 0.496 e. The Morgan fingerprint density at radius 1 is 1.57 bits per heavy atom. The molecule has 5 nitrogen and oxygen atoms in total. The second kappa shape index (κ2) is 7.00. The number of anilines is 1. The van der Waals surface area contributed by atoms with Gasteiger partial charge in [0.05, 0.1) is 23.4 Å². The monoisotopic (exact) mass is 311 g/mol. The Hall–Kier alpha value is -1.46. The number of nitrogens with two attached hydrogens (primary N) is 1. The van der Waals surface area contributed by atoms with E-state index in [1.807, 2.05) is 0 Å². The predicted octanol–water partition coefficient (Wildman–Crippen LogP) is 2.00. The van der Waals surface area contributed by atoms with Crippen LogP contribution in [0.3, 0.4) is 0 Å². The van der Waals surface area contributed by atoms with Crippen LogP contribution >= 0.6 is 11.6 Å². The number of nitrogen functional groups attached to an aromatic ring is 1. The molecule has 1 fully saturated rings. The third kappa shape index (κ3) is 3.80. The molecule has 6 heteroatoms. The first-order valence-electron chi connectivity index (χ1n) is 7.18. The molecule has 1 amide bonds. The average molecular weight is 312 g/mol. The smallest absolute Gasteiger partial charge is 0.255 e. The molecule has 0 saturated carbocycles. The highest BCUT2D eigenvalue weighted by Crippen LogP contribution is 2.28. The summed E-state index contributed by atoms with van der Waals surface area (Å²) >= 11 is 5.98. The van der Waals surface area contributed by atoms with Crippen LogP contribution in [0.4, 0.5) is 5.69 Å². The zero-order valence-corrected chi connectivity index (χ0v) is 13.2. The van der Waals surface area contributed by atoms with Crippen molar-refractivity contribution >= 4 is 23.2 Å². The van der Waals surface area contributed by atoms with E-state index in [0.717, 1.165) is 26.1 Å². The lowest BCUT2D eigenvalue weighted by molar-refractivity contribution is 0.0944. The number of hydrogen-bond donors (Lipinski definition) is 2. The first kappa shape index (κ1) is 15.9. The predicted molar refractivity (Wildman–Crippen MR) is 85.0 cm³/mol. The quantitative estimate of drug-likeness (QED) is 0.816. The molecule has 1 aromatic carbocycles. The van der Waals surface area contributed by atoms with Gasteiger partial charge in [0.2, 0.25) is 0 Å². The molecule has 1 atom stereocenters. The summed E-state index contributed by atoms with van der Waals surface area (Å²) in [6.45, 7) is 6.03. The highest BCUT2D eigenvalue weighted by Gasteiger charge is 2.22. The lowest BCUT2D eigenvalue weighted by Gasteiger charge is -2.15. The third-order valence-corrected chi connectivity index (χ3v) is 4.26.